The molecule has 13 rings (SSSR count). The number of nitrogens with one attached hydrogen (secondary N) is 1. The lowest BCUT2D eigenvalue weighted by Crippen LogP contribution is -2.26. The summed E-state index contributed by atoms with van der Waals surface area (Å²) < 4.78 is 2.53. The third kappa shape index (κ3) is 11.9. The molecule has 0 radical (unpaired) electrons. The Bertz CT molecular complexity index is 4510. The molecule has 0 aliphatic heterocycles. The van der Waals surface area contributed by atoms with Crippen LogP contribution in [-0.2, 0) is 24.7 Å². The van der Waals surface area contributed by atoms with Gasteiger partial charge in [-0.2, -0.15) is 0 Å². The maximum atomic E-state index is 11.9. The summed E-state index contributed by atoms with van der Waals surface area (Å²) >= 11 is 3.76. The van der Waals surface area contributed by atoms with Gasteiger partial charge in [0.15, 0.2) is 0 Å². The van der Waals surface area contributed by atoms with E-state index < -0.39 is 0 Å². The summed E-state index contributed by atoms with van der Waals surface area (Å²) in [7, 11) is 0. The van der Waals surface area contributed by atoms with E-state index in [9.17, 15) is 4.79 Å². The Balaban J connectivity index is 0.900. The van der Waals surface area contributed by atoms with Crippen LogP contribution < -0.4 is 9.80 Å². The molecule has 0 saturated heterocycles. The molecular formula is C81H71N3OS2. The predicted molar refractivity (Wildman–Crippen MR) is 373 cm³/mol. The molecule has 0 spiro atoms. The van der Waals surface area contributed by atoms with E-state index in [1.807, 2.05) is 34.8 Å². The van der Waals surface area contributed by atoms with Crippen molar-refractivity contribution in [2.24, 2.45) is 0 Å². The van der Waals surface area contributed by atoms with E-state index in [1.165, 1.54) is 91.8 Å². The third-order valence-electron chi connectivity index (χ3n) is 17.6. The number of thiophene rings is 2. The highest BCUT2D eigenvalue weighted by Crippen LogP contribution is 2.57. The average molecular weight is 1170 g/mol. The van der Waals surface area contributed by atoms with Crippen molar-refractivity contribution >= 4 is 89.5 Å². The zero-order chi connectivity index (χ0) is 59.4. The highest BCUT2D eigenvalue weighted by atomic mass is 32.1. The van der Waals surface area contributed by atoms with Crippen LogP contribution in [0.5, 0.6) is 0 Å². The Labute approximate surface area is 520 Å². The first-order chi connectivity index (χ1) is 42.6. The molecule has 1 aliphatic carbocycles. The standard InChI is InChI=1S/C81H71N3OS2/c1-55(2)42-60-22-17-29-70(46-60)84(68-26-9-6-10-27-68)72-35-39-78-65(48-72)52-80(87-78)63-33-37-74-73-36-32-62(79-51-64-47-71(34-38-77(64)86-79)83(67-24-7-5-8-25-67)69-28-15-18-56(3)43-69)49-75(73)81(76(74)50-63,40-13-11-19-58-21-16-23-61(44-58)54-85)41-14-12-20-59-31-30-57(4)66(45-59)53-82/h5-10,15-18,21-39,43-54,82H,1,11-14,19-20,40-42H2,2-4H3. The van der Waals surface area contributed by atoms with E-state index in [-0.39, 0.29) is 5.41 Å². The second-order valence-electron chi connectivity index (χ2n) is 23.9. The zero-order valence-corrected chi connectivity index (χ0v) is 51.5. The number of fused-ring (bicyclic) bond motifs is 5. The molecule has 0 fully saturated rings. The van der Waals surface area contributed by atoms with Crippen molar-refractivity contribution in [2.75, 3.05) is 9.80 Å². The van der Waals surface area contributed by atoms with Crippen molar-refractivity contribution in [3.63, 3.8) is 0 Å². The number of para-hydroxylation sites is 2. The molecule has 0 saturated carbocycles. The van der Waals surface area contributed by atoms with Gasteiger partial charge in [0.2, 0.25) is 0 Å². The number of benzene rings is 10. The Morgan fingerprint density at radius 1 is 0.483 bits per heavy atom. The van der Waals surface area contributed by atoms with Gasteiger partial charge in [0.25, 0.3) is 0 Å². The molecule has 4 nitrogen and oxygen atoms in total. The summed E-state index contributed by atoms with van der Waals surface area (Å²) in [5, 5.41) is 10.6. The lowest BCUT2D eigenvalue weighted by atomic mass is 9.70. The number of allylic oxidation sites excluding steroid dienone is 1. The van der Waals surface area contributed by atoms with E-state index in [0.29, 0.717) is 0 Å². The topological polar surface area (TPSA) is 47.4 Å². The molecular weight excluding hydrogens is 1100 g/mol. The molecule has 10 aromatic carbocycles. The molecule has 2 heterocycles. The number of aldehydes is 1. The van der Waals surface area contributed by atoms with Crippen molar-refractivity contribution < 1.29 is 4.79 Å². The number of carbonyl (C=O) groups excluding carboxylic acids is 1. The lowest BCUT2D eigenvalue weighted by molar-refractivity contribution is 0.112. The maximum Gasteiger partial charge on any atom is 0.150 e. The van der Waals surface area contributed by atoms with Gasteiger partial charge in [0.05, 0.1) is 0 Å². The van der Waals surface area contributed by atoms with Crippen molar-refractivity contribution in [3.05, 3.63) is 299 Å². The SMILES string of the molecule is C=C(C)Cc1cccc(N(c2ccccc2)c2ccc3sc(-c4ccc5c(c4)C(CCCCc4cccc(C=O)c4)(CCCCc4ccc(C)c(C=N)c4)c4cc(-c6cc7cc(N(c8ccccc8)c8cccc(C)c8)ccc7s6)ccc4-5)cc3c2)c1. The molecule has 87 heavy (non-hydrogen) atoms. The second kappa shape index (κ2) is 25.0. The molecule has 12 aromatic rings. The highest BCUT2D eigenvalue weighted by Gasteiger charge is 2.43. The van der Waals surface area contributed by atoms with E-state index >= 15 is 0 Å². The molecule has 6 heteroatoms. The number of aryl methyl sites for hydroxylation is 4. The molecule has 1 unspecified atom stereocenters. The highest BCUT2D eigenvalue weighted by molar-refractivity contribution is 7.22. The Morgan fingerprint density at radius 3 is 1.55 bits per heavy atom. The van der Waals surface area contributed by atoms with Crippen LogP contribution in [0.2, 0.25) is 0 Å². The Kier molecular flexibility index (Phi) is 16.4. The van der Waals surface area contributed by atoms with Crippen LogP contribution in [0.4, 0.5) is 34.1 Å². The van der Waals surface area contributed by atoms with Gasteiger partial charge < -0.3 is 15.2 Å². The monoisotopic (exact) mass is 1170 g/mol. The number of unbranched alkanes of at least 4 members (excludes halogenated alkanes) is 2. The lowest BCUT2D eigenvalue weighted by Gasteiger charge is -2.33. The van der Waals surface area contributed by atoms with Crippen LogP contribution in [0.1, 0.15) is 100 Å². The molecule has 1 atom stereocenters. The van der Waals surface area contributed by atoms with Crippen molar-refractivity contribution in [1.82, 2.24) is 0 Å². The van der Waals surface area contributed by atoms with Gasteiger partial charge in [-0.3, -0.25) is 4.79 Å². The van der Waals surface area contributed by atoms with Gasteiger partial charge in [-0.05, 0) is 265 Å². The fourth-order valence-corrected chi connectivity index (χ4v) is 15.5. The average Bonchev–Trinajstić information content (AvgIpc) is 1.58. The summed E-state index contributed by atoms with van der Waals surface area (Å²) in [5.41, 5.74) is 23.5. The number of anilines is 6. The summed E-state index contributed by atoms with van der Waals surface area (Å²) in [5.74, 6) is 0. The number of rotatable bonds is 22. The van der Waals surface area contributed by atoms with E-state index in [4.69, 9.17) is 5.41 Å². The fraction of sp³-hybridized carbons (Fsp3) is 0.160. The summed E-state index contributed by atoms with van der Waals surface area (Å²) in [6.07, 6.45) is 11.3. The summed E-state index contributed by atoms with van der Waals surface area (Å²) in [6, 6.07) is 87.3. The maximum absolute atomic E-state index is 11.9. The van der Waals surface area contributed by atoms with Crippen LogP contribution in [0, 0.1) is 19.3 Å². The molecule has 428 valence electrons. The fourth-order valence-electron chi connectivity index (χ4n) is 13.4. The second-order valence-corrected chi connectivity index (χ2v) is 26.0. The van der Waals surface area contributed by atoms with Crippen LogP contribution in [0.15, 0.2) is 249 Å². The number of hydrogen-bond acceptors (Lipinski definition) is 6. The third-order valence-corrected chi connectivity index (χ3v) is 20.0. The number of nitrogens with zero attached hydrogens (tertiary/aromatic N) is 2. The van der Waals surface area contributed by atoms with Crippen molar-refractivity contribution in [1.29, 1.82) is 5.41 Å². The summed E-state index contributed by atoms with van der Waals surface area (Å²) in [4.78, 5) is 19.2. The smallest absolute Gasteiger partial charge is 0.150 e. The van der Waals surface area contributed by atoms with Crippen molar-refractivity contribution in [3.8, 4) is 32.0 Å². The van der Waals surface area contributed by atoms with E-state index in [1.54, 1.807) is 0 Å². The largest absolute Gasteiger partial charge is 0.310 e. The van der Waals surface area contributed by atoms with Gasteiger partial charge in [-0.1, -0.05) is 140 Å². The van der Waals surface area contributed by atoms with Gasteiger partial charge in [-0.15, -0.1) is 22.7 Å². The first-order valence-corrected chi connectivity index (χ1v) is 32.2. The van der Waals surface area contributed by atoms with Crippen LogP contribution >= 0.6 is 22.7 Å². The first-order valence-electron chi connectivity index (χ1n) is 30.6. The van der Waals surface area contributed by atoms with Crippen LogP contribution in [0.25, 0.3) is 52.2 Å². The Morgan fingerprint density at radius 2 is 1.00 bits per heavy atom. The minimum Gasteiger partial charge on any atom is -0.310 e. The number of carbonyl (C=O) groups is 1. The molecule has 2 aromatic heterocycles. The van der Waals surface area contributed by atoms with Gasteiger partial charge in [-0.25, -0.2) is 0 Å². The molecule has 0 amide bonds. The predicted octanol–water partition coefficient (Wildman–Crippen LogP) is 23.0. The Hall–Kier alpha value is -9.20. The molecule has 0 bridgehead atoms. The van der Waals surface area contributed by atoms with E-state index in [2.05, 4.69) is 262 Å². The molecule has 1 aliphatic rings. The quantitative estimate of drug-likeness (QED) is 0.0318. The number of hydrogen-bond donors (Lipinski definition) is 1. The van der Waals surface area contributed by atoms with Crippen LogP contribution in [-0.4, -0.2) is 12.5 Å². The minimum atomic E-state index is -0.263. The minimum absolute atomic E-state index is 0.263. The zero-order valence-electron chi connectivity index (χ0n) is 49.9. The van der Waals surface area contributed by atoms with Gasteiger partial charge >= 0.3 is 0 Å². The summed E-state index contributed by atoms with van der Waals surface area (Å²) in [6.45, 7) is 10.6. The molecule has 1 N–H and O–H groups in total. The van der Waals surface area contributed by atoms with E-state index in [0.717, 1.165) is 120 Å². The normalized spacial score (nSPS) is 13.4. The first kappa shape index (κ1) is 56.9. The van der Waals surface area contributed by atoms with Gasteiger partial charge in [0.1, 0.15) is 6.29 Å². The van der Waals surface area contributed by atoms with Crippen molar-refractivity contribution in [2.45, 2.75) is 84.0 Å². The van der Waals surface area contributed by atoms with Gasteiger partial charge in [0, 0.05) is 70.5 Å². The van der Waals surface area contributed by atoms with Crippen LogP contribution in [0.3, 0.4) is 0 Å².